The maximum atomic E-state index is 14.8. The molecule has 0 bridgehead atoms. The van der Waals surface area contributed by atoms with Crippen molar-refractivity contribution in [3.05, 3.63) is 41.8 Å². The lowest BCUT2D eigenvalue weighted by Crippen LogP contribution is -2.58. The highest BCUT2D eigenvalue weighted by Crippen LogP contribution is 2.45. The molecular weight excluding hydrogens is 851 g/mol. The summed E-state index contributed by atoms with van der Waals surface area (Å²) in [6.07, 6.45) is 6.37. The lowest BCUT2D eigenvalue weighted by atomic mass is 10.0. The van der Waals surface area contributed by atoms with Gasteiger partial charge in [-0.25, -0.2) is 23.9 Å². The van der Waals surface area contributed by atoms with Crippen molar-refractivity contribution in [1.29, 1.82) is 0 Å². The number of ether oxygens (including phenoxy) is 2. The summed E-state index contributed by atoms with van der Waals surface area (Å²) in [6, 6.07) is 3.91. The van der Waals surface area contributed by atoms with Gasteiger partial charge in [-0.2, -0.15) is 0 Å². The Labute approximate surface area is 374 Å². The zero-order valence-corrected chi connectivity index (χ0v) is 38.3. The Balaban J connectivity index is 1.31. The minimum absolute atomic E-state index is 0.0192. The predicted octanol–water partition coefficient (Wildman–Crippen LogP) is 4.02. The lowest BCUT2D eigenvalue weighted by molar-refractivity contribution is -0.145. The first-order chi connectivity index (χ1) is 30.1. The summed E-state index contributed by atoms with van der Waals surface area (Å²) in [7, 11) is 3.28. The molecule has 1 saturated heterocycles. The molecule has 3 aliphatic rings. The molecule has 344 valence electrons. The van der Waals surface area contributed by atoms with Gasteiger partial charge in [0, 0.05) is 78.2 Å². The molecule has 2 fully saturated rings. The highest BCUT2D eigenvalue weighted by molar-refractivity contribution is 7.76. The Hall–Kier alpha value is -4.89. The van der Waals surface area contributed by atoms with Gasteiger partial charge < -0.3 is 50.6 Å². The molecule has 1 aromatic carbocycles. The van der Waals surface area contributed by atoms with Gasteiger partial charge in [-0.3, -0.25) is 13.8 Å². The van der Waals surface area contributed by atoms with Crippen LogP contribution < -0.4 is 36.1 Å². The molecule has 3 aromatic rings. The van der Waals surface area contributed by atoms with Gasteiger partial charge in [-0.05, 0) is 64.6 Å². The first-order valence-electron chi connectivity index (χ1n) is 21.6. The molecule has 2 aliphatic heterocycles. The van der Waals surface area contributed by atoms with E-state index in [9.17, 15) is 33.0 Å². The van der Waals surface area contributed by atoms with E-state index in [2.05, 4.69) is 26.6 Å². The molecule has 1 saturated carbocycles. The number of methoxy groups -OCH3 is 1. The van der Waals surface area contributed by atoms with Crippen molar-refractivity contribution < 1.29 is 42.5 Å². The van der Waals surface area contributed by atoms with Crippen molar-refractivity contribution in [1.82, 2.24) is 40.4 Å². The number of allylic oxidation sites excluding steroid dienone is 1. The maximum absolute atomic E-state index is 14.8. The number of nitrogens with zero attached hydrogens (tertiary/aromatic N) is 4. The number of amides is 4. The molecule has 2 unspecified atom stereocenters. The van der Waals surface area contributed by atoms with E-state index in [-0.39, 0.29) is 50.9 Å². The van der Waals surface area contributed by atoms with Gasteiger partial charge in [0.05, 0.1) is 24.9 Å². The minimum atomic E-state index is -2.53. The van der Waals surface area contributed by atoms with Crippen LogP contribution in [0, 0.1) is 11.8 Å². The number of hydrogen-bond acceptors (Lipinski definition) is 13. The molecule has 4 heterocycles. The number of aromatic nitrogens is 2. The van der Waals surface area contributed by atoms with Gasteiger partial charge >= 0.3 is 12.0 Å². The molecule has 6 rings (SSSR count). The zero-order chi connectivity index (χ0) is 45.4. The molecule has 0 radical (unpaired) electrons. The van der Waals surface area contributed by atoms with Gasteiger partial charge in [-0.1, -0.05) is 38.8 Å². The number of nitrogens with one attached hydrogen (secondary N) is 5. The number of aliphatic carboxylic acids is 1. The van der Waals surface area contributed by atoms with Gasteiger partial charge in [-0.15, -0.1) is 11.3 Å². The molecule has 6 N–H and O–H groups in total. The normalized spacial score (nSPS) is 24.4. The van der Waals surface area contributed by atoms with Crippen molar-refractivity contribution in [2.45, 2.75) is 108 Å². The van der Waals surface area contributed by atoms with Gasteiger partial charge in [0.15, 0.2) is 5.13 Å². The van der Waals surface area contributed by atoms with Crippen LogP contribution in [-0.4, -0.2) is 133 Å². The number of fused-ring (bicyclic) bond motifs is 3. The average molecular weight is 911 g/mol. The summed E-state index contributed by atoms with van der Waals surface area (Å²) in [4.78, 5) is 66.7. The van der Waals surface area contributed by atoms with E-state index >= 15 is 0 Å². The molecule has 2 aromatic heterocycles. The Morgan fingerprint density at radius 1 is 1.14 bits per heavy atom. The van der Waals surface area contributed by atoms with Gasteiger partial charge in [0.2, 0.25) is 11.8 Å². The molecular formula is C43H60N9O9S2-. The van der Waals surface area contributed by atoms with Crippen molar-refractivity contribution in [3.8, 4) is 22.9 Å². The minimum Gasteiger partial charge on any atom is -0.760 e. The van der Waals surface area contributed by atoms with Crippen LogP contribution in [0.3, 0.4) is 0 Å². The van der Waals surface area contributed by atoms with Crippen molar-refractivity contribution >= 4 is 62.5 Å². The lowest BCUT2D eigenvalue weighted by Gasteiger charge is -2.32. The number of anilines is 1. The number of carboxylic acid groups (broad SMARTS) is 1. The second-order valence-corrected chi connectivity index (χ2v) is 18.9. The van der Waals surface area contributed by atoms with Crippen LogP contribution in [-0.2, 0) is 25.7 Å². The highest BCUT2D eigenvalue weighted by atomic mass is 32.2. The van der Waals surface area contributed by atoms with E-state index in [0.717, 1.165) is 18.0 Å². The van der Waals surface area contributed by atoms with E-state index < -0.39 is 70.8 Å². The van der Waals surface area contributed by atoms with E-state index in [0.29, 0.717) is 53.2 Å². The fourth-order valence-electron chi connectivity index (χ4n) is 8.04. The molecule has 1 aliphatic carbocycles. The number of urea groups is 1. The Morgan fingerprint density at radius 2 is 1.94 bits per heavy atom. The first-order valence-corrected chi connectivity index (χ1v) is 23.5. The third-order valence-corrected chi connectivity index (χ3v) is 13.2. The van der Waals surface area contributed by atoms with Crippen LogP contribution >= 0.6 is 11.3 Å². The number of hydrogen-bond donors (Lipinski definition) is 6. The number of rotatable bonds is 16. The number of thiazole rings is 1. The second-order valence-electron chi connectivity index (χ2n) is 17.1. The Morgan fingerprint density at radius 3 is 2.63 bits per heavy atom. The number of carbonyl (C=O) groups excluding carboxylic acids is 3. The van der Waals surface area contributed by atoms with Gasteiger partial charge in [0.25, 0.3) is 0 Å². The number of pyridine rings is 1. The predicted molar refractivity (Wildman–Crippen MR) is 240 cm³/mol. The summed E-state index contributed by atoms with van der Waals surface area (Å²) < 4.78 is 37.6. The zero-order valence-electron chi connectivity index (χ0n) is 36.7. The average Bonchev–Trinajstić information content (AvgIpc) is 3.50. The van der Waals surface area contributed by atoms with E-state index in [1.165, 1.54) is 20.5 Å². The van der Waals surface area contributed by atoms with E-state index in [1.54, 1.807) is 32.4 Å². The number of benzene rings is 1. The number of carboxylic acids is 1. The summed E-state index contributed by atoms with van der Waals surface area (Å²) >= 11 is -1.08. The molecule has 4 amide bonds. The van der Waals surface area contributed by atoms with Gasteiger partial charge in [0.1, 0.15) is 40.9 Å². The maximum Gasteiger partial charge on any atom is 0.330 e. The SMILES string of the molecule is CNCCN(C[C@@H](NC(=O)N[C@H]1CCCCC/C=C\C2C[C@@]2(C(=O)O)NC(=O)[C@@H]2C[C@@H](Oc3cc(-c4csc(NC(C)C)n4)nc4cc(OC)ccc34)CN2C1=O)C(C)C)S(=O)[O-]. The summed E-state index contributed by atoms with van der Waals surface area (Å²) in [5.41, 5.74) is 0.231. The van der Waals surface area contributed by atoms with Crippen molar-refractivity contribution in [2.24, 2.45) is 11.8 Å². The number of likely N-dealkylation sites (N-methyl/N-ethyl adjacent to an activating group) is 1. The van der Waals surface area contributed by atoms with Crippen LogP contribution in [0.1, 0.15) is 72.6 Å². The topological polar surface area (TPSA) is 240 Å². The molecule has 20 heteroatoms. The van der Waals surface area contributed by atoms with E-state index in [4.69, 9.17) is 19.4 Å². The molecule has 0 spiro atoms. The van der Waals surface area contributed by atoms with Crippen molar-refractivity contribution in [2.75, 3.05) is 45.7 Å². The van der Waals surface area contributed by atoms with E-state index in [1.807, 2.05) is 51.3 Å². The van der Waals surface area contributed by atoms with Crippen molar-refractivity contribution in [3.63, 3.8) is 0 Å². The highest BCUT2D eigenvalue weighted by Gasteiger charge is 2.61. The fourth-order valence-corrected chi connectivity index (χ4v) is 9.41. The van der Waals surface area contributed by atoms with Crippen LogP contribution in [0.25, 0.3) is 22.3 Å². The fraction of sp³-hybridized carbons (Fsp3) is 0.581. The quantitative estimate of drug-likeness (QED) is 0.0881. The Kier molecular flexibility index (Phi) is 16.0. The first kappa shape index (κ1) is 47.6. The summed E-state index contributed by atoms with van der Waals surface area (Å²) in [5, 5.41) is 28.5. The third-order valence-electron chi connectivity index (χ3n) is 11.7. The molecule has 18 nitrogen and oxygen atoms in total. The van der Waals surface area contributed by atoms with Crippen LogP contribution in [0.4, 0.5) is 9.93 Å². The standard InChI is InChI=1S/C43H61N9O9S2/c1-25(2)34(23-51(63(58)59)17-16-44-5)48-41(57)47-31-13-11-9-7-8-10-12-27-21-43(27,40(55)56)50-38(53)36-19-29(22-52(36)39(31)54)61-37-20-33(35-24-62-42(49-35)45-26(3)4)46-32-18-28(60-6)14-15-30(32)37/h10,12,14-15,18,20,24-27,29,31,34,36,44H,7-9,11,13,16-17,19,21-23H2,1-6H3,(H,45,49)(H,50,53)(H,55,56)(H,58,59)(H2,47,48,57)/p-1/b12-10-/t27?,29-,31+,34-,36+,43-/m1/s1. The monoisotopic (exact) mass is 910 g/mol. The largest absolute Gasteiger partial charge is 0.760 e. The number of carbonyl (C=O) groups is 4. The third kappa shape index (κ3) is 11.8. The van der Waals surface area contributed by atoms with Crippen LogP contribution in [0.2, 0.25) is 0 Å². The summed E-state index contributed by atoms with van der Waals surface area (Å²) in [6.45, 7) is 8.37. The molecule has 63 heavy (non-hydrogen) atoms. The van der Waals surface area contributed by atoms with Crippen LogP contribution in [0.5, 0.6) is 11.5 Å². The smallest absolute Gasteiger partial charge is 0.330 e. The second kappa shape index (κ2) is 21.2. The Bertz CT molecular complexity index is 2170. The molecule has 7 atom stereocenters. The van der Waals surface area contributed by atoms with Crippen LogP contribution in [0.15, 0.2) is 41.8 Å². The summed E-state index contributed by atoms with van der Waals surface area (Å²) in [5.74, 6) is -1.84.